The minimum absolute atomic E-state index is 0.679. The number of aromatic nitrogens is 1. The molecule has 0 unspecified atom stereocenters. The van der Waals surface area contributed by atoms with Crippen LogP contribution in [0.1, 0.15) is 18.4 Å². The van der Waals surface area contributed by atoms with E-state index in [1.165, 1.54) is 18.4 Å². The van der Waals surface area contributed by atoms with Crippen LogP contribution < -0.4 is 4.90 Å². The summed E-state index contributed by atoms with van der Waals surface area (Å²) in [5, 5.41) is 0. The minimum Gasteiger partial charge on any atom is -0.356 e. The van der Waals surface area contributed by atoms with Crippen LogP contribution in [0.4, 0.5) is 5.82 Å². The second-order valence-corrected chi connectivity index (χ2v) is 6.13. The Morgan fingerprint density at radius 3 is 2.67 bits per heavy atom. The van der Waals surface area contributed by atoms with Crippen molar-refractivity contribution in [3.8, 4) is 0 Å². The first kappa shape index (κ1) is 11.4. The number of aryl methyl sites for hydroxylation is 1. The fourth-order valence-electron chi connectivity index (χ4n) is 1.82. The number of nitrogens with zero attached hydrogens (tertiary/aromatic N) is 2. The lowest BCUT2D eigenvalue weighted by Crippen LogP contribution is -2.34. The van der Waals surface area contributed by atoms with Gasteiger partial charge in [0.2, 0.25) is 0 Å². The molecule has 0 saturated carbocycles. The quantitative estimate of drug-likeness (QED) is 0.731. The standard InChI is InChI=1S/C11H14Br2N2/c1-8-6-10(13)11(14-7-8)15-4-2-9(12)3-5-15/h6-7,9H,2-5H2,1H3. The van der Waals surface area contributed by atoms with Gasteiger partial charge in [0.25, 0.3) is 0 Å². The van der Waals surface area contributed by atoms with Crippen molar-refractivity contribution in [3.63, 3.8) is 0 Å². The van der Waals surface area contributed by atoms with Crippen molar-refractivity contribution in [2.75, 3.05) is 18.0 Å². The molecule has 0 N–H and O–H groups in total. The molecule has 4 heteroatoms. The van der Waals surface area contributed by atoms with Crippen LogP contribution in [-0.2, 0) is 0 Å². The van der Waals surface area contributed by atoms with Crippen molar-refractivity contribution < 1.29 is 0 Å². The second-order valence-electron chi connectivity index (χ2n) is 3.98. The largest absolute Gasteiger partial charge is 0.356 e. The monoisotopic (exact) mass is 332 g/mol. The maximum Gasteiger partial charge on any atom is 0.142 e. The van der Waals surface area contributed by atoms with Crippen molar-refractivity contribution in [1.29, 1.82) is 0 Å². The Bertz CT molecular complexity index is 346. The van der Waals surface area contributed by atoms with Gasteiger partial charge in [-0.1, -0.05) is 15.9 Å². The van der Waals surface area contributed by atoms with E-state index in [4.69, 9.17) is 0 Å². The Morgan fingerprint density at radius 1 is 1.40 bits per heavy atom. The molecule has 0 radical (unpaired) electrons. The molecule has 0 bridgehead atoms. The zero-order valence-electron chi connectivity index (χ0n) is 8.71. The van der Waals surface area contributed by atoms with E-state index in [-0.39, 0.29) is 0 Å². The molecule has 15 heavy (non-hydrogen) atoms. The van der Waals surface area contributed by atoms with Gasteiger partial charge in [0.05, 0.1) is 4.47 Å². The van der Waals surface area contributed by atoms with E-state index >= 15 is 0 Å². The normalized spacial score (nSPS) is 18.2. The van der Waals surface area contributed by atoms with Crippen molar-refractivity contribution in [2.45, 2.75) is 24.6 Å². The van der Waals surface area contributed by atoms with E-state index in [0.29, 0.717) is 4.83 Å². The number of pyridine rings is 1. The summed E-state index contributed by atoms with van der Waals surface area (Å²) in [4.78, 5) is 7.52. The number of anilines is 1. The van der Waals surface area contributed by atoms with Gasteiger partial charge < -0.3 is 4.90 Å². The van der Waals surface area contributed by atoms with Gasteiger partial charge >= 0.3 is 0 Å². The lowest BCUT2D eigenvalue weighted by molar-refractivity contribution is 0.591. The molecule has 0 aromatic carbocycles. The molecule has 0 amide bonds. The fourth-order valence-corrected chi connectivity index (χ4v) is 2.94. The van der Waals surface area contributed by atoms with Gasteiger partial charge in [-0.05, 0) is 47.3 Å². The molecule has 0 spiro atoms. The summed E-state index contributed by atoms with van der Waals surface area (Å²) in [5.41, 5.74) is 1.20. The average Bonchev–Trinajstić information content (AvgIpc) is 2.20. The van der Waals surface area contributed by atoms with Crippen LogP contribution in [0.5, 0.6) is 0 Å². The first-order chi connectivity index (χ1) is 7.16. The van der Waals surface area contributed by atoms with E-state index in [2.05, 4.69) is 54.7 Å². The highest BCUT2D eigenvalue weighted by molar-refractivity contribution is 9.10. The Hall–Kier alpha value is -0.0900. The number of hydrogen-bond acceptors (Lipinski definition) is 2. The average molecular weight is 334 g/mol. The van der Waals surface area contributed by atoms with Crippen LogP contribution in [0.25, 0.3) is 0 Å². The van der Waals surface area contributed by atoms with Crippen LogP contribution >= 0.6 is 31.9 Å². The molecule has 1 aromatic rings. The molecule has 2 heterocycles. The highest BCUT2D eigenvalue weighted by Gasteiger charge is 2.19. The summed E-state index contributed by atoms with van der Waals surface area (Å²) in [6.45, 7) is 4.24. The summed E-state index contributed by atoms with van der Waals surface area (Å²) < 4.78 is 1.11. The molecular formula is C11H14Br2N2. The van der Waals surface area contributed by atoms with E-state index in [0.717, 1.165) is 23.4 Å². The molecule has 1 saturated heterocycles. The minimum atomic E-state index is 0.679. The highest BCUT2D eigenvalue weighted by atomic mass is 79.9. The third-order valence-electron chi connectivity index (χ3n) is 2.68. The third kappa shape index (κ3) is 2.72. The lowest BCUT2D eigenvalue weighted by Gasteiger charge is -2.31. The molecule has 1 fully saturated rings. The van der Waals surface area contributed by atoms with E-state index in [1.54, 1.807) is 0 Å². The predicted molar refractivity (Wildman–Crippen MR) is 70.8 cm³/mol. The SMILES string of the molecule is Cc1cnc(N2CCC(Br)CC2)c(Br)c1. The Kier molecular flexibility index (Phi) is 3.67. The van der Waals surface area contributed by atoms with Gasteiger partial charge in [0, 0.05) is 24.1 Å². The lowest BCUT2D eigenvalue weighted by atomic mass is 10.1. The zero-order chi connectivity index (χ0) is 10.8. The number of halogens is 2. The van der Waals surface area contributed by atoms with Crippen molar-refractivity contribution in [2.24, 2.45) is 0 Å². The van der Waals surface area contributed by atoms with Crippen LogP contribution in [0, 0.1) is 6.92 Å². The van der Waals surface area contributed by atoms with Crippen molar-refractivity contribution >= 4 is 37.7 Å². The number of alkyl halides is 1. The Balaban J connectivity index is 2.15. The van der Waals surface area contributed by atoms with Gasteiger partial charge in [-0.3, -0.25) is 0 Å². The molecule has 2 nitrogen and oxygen atoms in total. The topological polar surface area (TPSA) is 16.1 Å². The molecule has 1 aliphatic heterocycles. The first-order valence-corrected chi connectivity index (χ1v) is 6.89. The van der Waals surface area contributed by atoms with Crippen LogP contribution in [0.2, 0.25) is 0 Å². The summed E-state index contributed by atoms with van der Waals surface area (Å²) in [7, 11) is 0. The van der Waals surface area contributed by atoms with Gasteiger partial charge in [0.15, 0.2) is 0 Å². The first-order valence-electron chi connectivity index (χ1n) is 5.18. The maximum atomic E-state index is 4.49. The molecule has 1 aliphatic rings. The van der Waals surface area contributed by atoms with Crippen LogP contribution in [-0.4, -0.2) is 22.9 Å². The van der Waals surface area contributed by atoms with Crippen LogP contribution in [0.3, 0.4) is 0 Å². The maximum absolute atomic E-state index is 4.49. The predicted octanol–water partition coefficient (Wildman–Crippen LogP) is 3.52. The highest BCUT2D eigenvalue weighted by Crippen LogP contribution is 2.28. The molecule has 0 atom stereocenters. The van der Waals surface area contributed by atoms with Crippen molar-refractivity contribution in [3.05, 3.63) is 22.3 Å². The van der Waals surface area contributed by atoms with Crippen molar-refractivity contribution in [1.82, 2.24) is 4.98 Å². The van der Waals surface area contributed by atoms with E-state index in [1.807, 2.05) is 6.20 Å². The van der Waals surface area contributed by atoms with Gasteiger partial charge in [-0.25, -0.2) is 4.98 Å². The van der Waals surface area contributed by atoms with Gasteiger partial charge in [-0.15, -0.1) is 0 Å². The molecule has 1 aromatic heterocycles. The summed E-state index contributed by atoms with van der Waals surface area (Å²) in [5.74, 6) is 1.08. The van der Waals surface area contributed by atoms with E-state index in [9.17, 15) is 0 Å². The van der Waals surface area contributed by atoms with Gasteiger partial charge in [-0.2, -0.15) is 0 Å². The Morgan fingerprint density at radius 2 is 2.07 bits per heavy atom. The second kappa shape index (κ2) is 4.83. The number of hydrogen-bond donors (Lipinski definition) is 0. The number of piperidine rings is 1. The van der Waals surface area contributed by atoms with Crippen LogP contribution in [0.15, 0.2) is 16.7 Å². The summed E-state index contributed by atoms with van der Waals surface area (Å²) in [6.07, 6.45) is 4.32. The number of rotatable bonds is 1. The molecule has 0 aliphatic carbocycles. The smallest absolute Gasteiger partial charge is 0.142 e. The molecule has 82 valence electrons. The summed E-state index contributed by atoms with van der Waals surface area (Å²) in [6, 6.07) is 2.13. The van der Waals surface area contributed by atoms with Gasteiger partial charge in [0.1, 0.15) is 5.82 Å². The molecule has 2 rings (SSSR count). The Labute approximate surface area is 107 Å². The molecular weight excluding hydrogens is 320 g/mol. The fraction of sp³-hybridized carbons (Fsp3) is 0.545. The summed E-state index contributed by atoms with van der Waals surface area (Å²) >= 11 is 7.24. The third-order valence-corrected chi connectivity index (χ3v) is 4.18. The zero-order valence-corrected chi connectivity index (χ0v) is 11.9. The van der Waals surface area contributed by atoms with E-state index < -0.39 is 0 Å².